The Morgan fingerprint density at radius 2 is 2.06 bits per heavy atom. The maximum absolute atomic E-state index is 9.11. The molecule has 0 aromatic heterocycles. The minimum Gasteiger partial charge on any atom is -0.395 e. The summed E-state index contributed by atoms with van der Waals surface area (Å²) in [5, 5.41) is 9.11. The van der Waals surface area contributed by atoms with E-state index in [2.05, 4.69) is 37.8 Å². The van der Waals surface area contributed by atoms with E-state index in [1.807, 2.05) is 0 Å². The number of nitrogens with zero attached hydrogens (tertiary/aromatic N) is 1. The van der Waals surface area contributed by atoms with Gasteiger partial charge in [-0.15, -0.1) is 0 Å². The van der Waals surface area contributed by atoms with Gasteiger partial charge < -0.3 is 10.0 Å². The van der Waals surface area contributed by atoms with E-state index in [1.165, 1.54) is 19.3 Å². The van der Waals surface area contributed by atoms with Crippen molar-refractivity contribution >= 4 is 0 Å². The lowest BCUT2D eigenvalue weighted by atomic mass is 9.91. The Hall–Kier alpha value is -0.340. The standard InChI is InChI=1S/C14H27NO/c1-14(2,3)12-15(9-10-16)11-13-7-5-4-6-8-13/h4-5,13,16H,6-12H2,1-3H3. The number of rotatable bonds is 5. The Kier molecular flexibility index (Phi) is 5.50. The van der Waals surface area contributed by atoms with Crippen molar-refractivity contribution in [3.63, 3.8) is 0 Å². The third-order valence-electron chi connectivity index (χ3n) is 3.01. The zero-order chi connectivity index (χ0) is 12.0. The van der Waals surface area contributed by atoms with E-state index in [1.54, 1.807) is 0 Å². The molecule has 16 heavy (non-hydrogen) atoms. The van der Waals surface area contributed by atoms with Crippen LogP contribution in [-0.2, 0) is 0 Å². The summed E-state index contributed by atoms with van der Waals surface area (Å²) in [4.78, 5) is 2.42. The molecule has 1 N–H and O–H groups in total. The van der Waals surface area contributed by atoms with E-state index in [-0.39, 0.29) is 6.61 Å². The molecule has 1 unspecified atom stereocenters. The van der Waals surface area contributed by atoms with Gasteiger partial charge in [0, 0.05) is 19.6 Å². The van der Waals surface area contributed by atoms with Crippen LogP contribution in [-0.4, -0.2) is 36.2 Å². The molecule has 0 aliphatic heterocycles. The van der Waals surface area contributed by atoms with Crippen LogP contribution in [0, 0.1) is 11.3 Å². The van der Waals surface area contributed by atoms with Crippen LogP contribution >= 0.6 is 0 Å². The SMILES string of the molecule is CC(C)(C)CN(CCO)CC1CC=CCC1. The van der Waals surface area contributed by atoms with Crippen molar-refractivity contribution in [2.75, 3.05) is 26.2 Å². The van der Waals surface area contributed by atoms with Gasteiger partial charge in [0.15, 0.2) is 0 Å². The molecule has 2 heteroatoms. The Morgan fingerprint density at radius 3 is 2.56 bits per heavy atom. The largest absolute Gasteiger partial charge is 0.395 e. The van der Waals surface area contributed by atoms with Gasteiger partial charge in [-0.2, -0.15) is 0 Å². The Morgan fingerprint density at radius 1 is 1.31 bits per heavy atom. The Labute approximate surface area is 100 Å². The minimum atomic E-state index is 0.276. The number of hydrogen-bond acceptors (Lipinski definition) is 2. The highest BCUT2D eigenvalue weighted by Crippen LogP contribution is 2.21. The molecule has 1 aliphatic carbocycles. The van der Waals surface area contributed by atoms with Gasteiger partial charge in [-0.3, -0.25) is 0 Å². The van der Waals surface area contributed by atoms with Crippen molar-refractivity contribution in [2.45, 2.75) is 40.0 Å². The predicted molar refractivity (Wildman–Crippen MR) is 69.5 cm³/mol. The van der Waals surface area contributed by atoms with Crippen molar-refractivity contribution in [2.24, 2.45) is 11.3 Å². The van der Waals surface area contributed by atoms with Crippen molar-refractivity contribution in [3.8, 4) is 0 Å². The van der Waals surface area contributed by atoms with Gasteiger partial charge in [0.1, 0.15) is 0 Å². The normalized spacial score (nSPS) is 21.7. The summed E-state index contributed by atoms with van der Waals surface area (Å²) >= 11 is 0. The third-order valence-corrected chi connectivity index (χ3v) is 3.01. The van der Waals surface area contributed by atoms with Gasteiger partial charge >= 0.3 is 0 Å². The Balaban J connectivity index is 2.40. The molecule has 1 aliphatic rings. The molecule has 94 valence electrons. The van der Waals surface area contributed by atoms with Gasteiger partial charge in [-0.25, -0.2) is 0 Å². The number of allylic oxidation sites excluding steroid dienone is 2. The van der Waals surface area contributed by atoms with Crippen molar-refractivity contribution in [3.05, 3.63) is 12.2 Å². The highest BCUT2D eigenvalue weighted by molar-refractivity contribution is 4.91. The van der Waals surface area contributed by atoms with Crippen molar-refractivity contribution in [1.29, 1.82) is 0 Å². The van der Waals surface area contributed by atoms with E-state index in [0.29, 0.717) is 5.41 Å². The first-order valence-corrected chi connectivity index (χ1v) is 6.49. The molecule has 2 nitrogen and oxygen atoms in total. The first kappa shape index (κ1) is 13.7. The zero-order valence-electron chi connectivity index (χ0n) is 11.1. The highest BCUT2D eigenvalue weighted by atomic mass is 16.3. The molecular formula is C14H27NO. The van der Waals surface area contributed by atoms with Crippen LogP contribution in [0.1, 0.15) is 40.0 Å². The molecule has 0 aromatic rings. The van der Waals surface area contributed by atoms with Crippen LogP contribution in [0.5, 0.6) is 0 Å². The molecule has 1 rings (SSSR count). The summed E-state index contributed by atoms with van der Waals surface area (Å²) in [6.07, 6.45) is 8.35. The van der Waals surface area contributed by atoms with Crippen LogP contribution in [0.4, 0.5) is 0 Å². The molecule has 0 aromatic carbocycles. The summed E-state index contributed by atoms with van der Waals surface area (Å²) in [7, 11) is 0. The van der Waals surface area contributed by atoms with Gasteiger partial charge in [-0.05, 0) is 30.6 Å². The quantitative estimate of drug-likeness (QED) is 0.727. The first-order chi connectivity index (χ1) is 7.51. The van der Waals surface area contributed by atoms with E-state index in [4.69, 9.17) is 5.11 Å². The van der Waals surface area contributed by atoms with E-state index >= 15 is 0 Å². The molecule has 0 heterocycles. The van der Waals surface area contributed by atoms with Crippen LogP contribution in [0.3, 0.4) is 0 Å². The summed E-state index contributed by atoms with van der Waals surface area (Å²) in [6, 6.07) is 0. The fraction of sp³-hybridized carbons (Fsp3) is 0.857. The summed E-state index contributed by atoms with van der Waals surface area (Å²) < 4.78 is 0. The van der Waals surface area contributed by atoms with Gasteiger partial charge in [0.25, 0.3) is 0 Å². The number of aliphatic hydroxyl groups is 1. The molecule has 1 atom stereocenters. The summed E-state index contributed by atoms with van der Waals surface area (Å²) in [5.41, 5.74) is 0.319. The molecule has 0 saturated carbocycles. The second-order valence-electron chi connectivity index (χ2n) is 6.17. The van der Waals surface area contributed by atoms with Crippen molar-refractivity contribution < 1.29 is 5.11 Å². The fourth-order valence-corrected chi connectivity index (χ4v) is 2.43. The van der Waals surface area contributed by atoms with Gasteiger partial charge in [0.2, 0.25) is 0 Å². The number of hydrogen-bond donors (Lipinski definition) is 1. The summed E-state index contributed by atoms with van der Waals surface area (Å²) in [5.74, 6) is 0.791. The lowest BCUT2D eigenvalue weighted by Gasteiger charge is -2.32. The predicted octanol–water partition coefficient (Wildman–Crippen LogP) is 2.68. The Bertz CT molecular complexity index is 217. The topological polar surface area (TPSA) is 23.5 Å². The number of aliphatic hydroxyl groups excluding tert-OH is 1. The third kappa shape index (κ3) is 5.66. The fourth-order valence-electron chi connectivity index (χ4n) is 2.43. The molecule has 0 radical (unpaired) electrons. The maximum Gasteiger partial charge on any atom is 0.0558 e. The molecule has 0 fully saturated rings. The van der Waals surface area contributed by atoms with Crippen LogP contribution in [0.25, 0.3) is 0 Å². The summed E-state index contributed by atoms with van der Waals surface area (Å²) in [6.45, 7) is 10.1. The molecule has 0 saturated heterocycles. The lowest BCUT2D eigenvalue weighted by Crippen LogP contribution is -2.38. The average Bonchev–Trinajstić information content (AvgIpc) is 2.17. The molecule has 0 bridgehead atoms. The van der Waals surface area contributed by atoms with Crippen LogP contribution in [0.15, 0.2) is 12.2 Å². The van der Waals surface area contributed by atoms with Gasteiger partial charge in [0.05, 0.1) is 6.61 Å². The smallest absolute Gasteiger partial charge is 0.0558 e. The van der Waals surface area contributed by atoms with Crippen molar-refractivity contribution in [1.82, 2.24) is 4.90 Å². The van der Waals surface area contributed by atoms with E-state index < -0.39 is 0 Å². The maximum atomic E-state index is 9.11. The molecule has 0 amide bonds. The second-order valence-corrected chi connectivity index (χ2v) is 6.17. The molecule has 0 spiro atoms. The zero-order valence-corrected chi connectivity index (χ0v) is 11.1. The second kappa shape index (κ2) is 6.41. The molecular weight excluding hydrogens is 198 g/mol. The first-order valence-electron chi connectivity index (χ1n) is 6.49. The lowest BCUT2D eigenvalue weighted by molar-refractivity contribution is 0.131. The van der Waals surface area contributed by atoms with Gasteiger partial charge in [-0.1, -0.05) is 32.9 Å². The minimum absolute atomic E-state index is 0.276. The monoisotopic (exact) mass is 225 g/mol. The highest BCUT2D eigenvalue weighted by Gasteiger charge is 2.19. The van der Waals surface area contributed by atoms with E-state index in [9.17, 15) is 0 Å². The van der Waals surface area contributed by atoms with Crippen LogP contribution in [0.2, 0.25) is 0 Å². The van der Waals surface area contributed by atoms with E-state index in [0.717, 1.165) is 25.6 Å². The average molecular weight is 225 g/mol. The van der Waals surface area contributed by atoms with Crippen LogP contribution < -0.4 is 0 Å².